The van der Waals surface area contributed by atoms with Gasteiger partial charge < -0.3 is 4.90 Å². The Bertz CT molecular complexity index is 182. The molecule has 1 saturated heterocycles. The van der Waals surface area contributed by atoms with Crippen LogP contribution in [0, 0.1) is 0 Å². The van der Waals surface area contributed by atoms with Crippen LogP contribution >= 0.6 is 34.2 Å². The van der Waals surface area contributed by atoms with Crippen LogP contribution < -0.4 is 0 Å². The third-order valence-electron chi connectivity index (χ3n) is 1.27. The zero-order valence-electron chi connectivity index (χ0n) is 5.40. The Morgan fingerprint density at radius 3 is 2.70 bits per heavy atom. The molecule has 0 spiro atoms. The van der Waals surface area contributed by atoms with Gasteiger partial charge in [-0.05, 0) is 11.8 Å². The SMILES string of the molecule is C=C1SC(=O)C(SS)N1C. The van der Waals surface area contributed by atoms with Crippen LogP contribution in [0.25, 0.3) is 0 Å². The second kappa shape index (κ2) is 3.11. The molecular formula is C5H7NOS3. The standard InChI is InChI=1S/C5H7NOS3/c1-3-6(2)4(10-8)5(7)9-3/h4,8H,1H2,2H3. The van der Waals surface area contributed by atoms with Crippen molar-refractivity contribution in [1.29, 1.82) is 0 Å². The predicted octanol–water partition coefficient (Wildman–Crippen LogP) is 1.57. The molecule has 2 nitrogen and oxygen atoms in total. The summed E-state index contributed by atoms with van der Waals surface area (Å²) < 4.78 is 0. The molecule has 0 amide bonds. The summed E-state index contributed by atoms with van der Waals surface area (Å²) >= 11 is 5.16. The van der Waals surface area contributed by atoms with E-state index in [1.54, 1.807) is 0 Å². The maximum absolute atomic E-state index is 11.0. The van der Waals surface area contributed by atoms with Gasteiger partial charge in [0.1, 0.15) is 0 Å². The minimum absolute atomic E-state index is 0.118. The molecule has 1 heterocycles. The van der Waals surface area contributed by atoms with Crippen LogP contribution in [0.4, 0.5) is 0 Å². The number of thioether (sulfide) groups is 1. The summed E-state index contributed by atoms with van der Waals surface area (Å²) in [7, 11) is 3.08. The fraction of sp³-hybridized carbons (Fsp3) is 0.400. The number of carbonyl (C=O) groups excluding carboxylic acids is 1. The summed E-state index contributed by atoms with van der Waals surface area (Å²) in [6, 6.07) is 0. The average Bonchev–Trinajstić information content (AvgIpc) is 2.09. The van der Waals surface area contributed by atoms with Gasteiger partial charge in [0.05, 0.1) is 5.03 Å². The Kier molecular flexibility index (Phi) is 2.60. The largest absolute Gasteiger partial charge is 0.350 e. The van der Waals surface area contributed by atoms with Crippen LogP contribution in [0.2, 0.25) is 0 Å². The number of thiol groups is 1. The fourth-order valence-electron chi connectivity index (χ4n) is 0.641. The van der Waals surface area contributed by atoms with Crippen molar-refractivity contribution in [2.45, 2.75) is 5.37 Å². The van der Waals surface area contributed by atoms with E-state index in [2.05, 4.69) is 18.2 Å². The highest BCUT2D eigenvalue weighted by Gasteiger charge is 2.32. The second-order valence-corrected chi connectivity index (χ2v) is 4.25. The van der Waals surface area contributed by atoms with Gasteiger partial charge in [-0.2, -0.15) is 0 Å². The lowest BCUT2D eigenvalue weighted by atomic mass is 10.6. The molecule has 0 aromatic rings. The summed E-state index contributed by atoms with van der Waals surface area (Å²) in [6.45, 7) is 3.70. The number of carbonyl (C=O) groups is 1. The lowest BCUT2D eigenvalue weighted by molar-refractivity contribution is -0.111. The van der Waals surface area contributed by atoms with Gasteiger partial charge in [-0.15, -0.1) is 11.7 Å². The number of hydrogen-bond donors (Lipinski definition) is 1. The lowest BCUT2D eigenvalue weighted by Gasteiger charge is -2.15. The normalized spacial score (nSPS) is 26.2. The third-order valence-corrected chi connectivity index (χ3v) is 3.69. The number of hydrogen-bond acceptors (Lipinski definition) is 5. The fourth-order valence-corrected chi connectivity index (χ4v) is 3.02. The summed E-state index contributed by atoms with van der Waals surface area (Å²) in [6.07, 6.45) is 0. The molecule has 0 aromatic heterocycles. The minimum atomic E-state index is -0.152. The molecule has 0 radical (unpaired) electrons. The van der Waals surface area contributed by atoms with Crippen molar-refractivity contribution in [2.24, 2.45) is 0 Å². The van der Waals surface area contributed by atoms with Crippen molar-refractivity contribution in [3.8, 4) is 0 Å². The predicted molar refractivity (Wildman–Crippen MR) is 49.9 cm³/mol. The van der Waals surface area contributed by atoms with E-state index in [9.17, 15) is 4.79 Å². The first-order valence-corrected chi connectivity index (χ1v) is 5.35. The van der Waals surface area contributed by atoms with E-state index < -0.39 is 0 Å². The quantitative estimate of drug-likeness (QED) is 0.503. The van der Waals surface area contributed by atoms with E-state index >= 15 is 0 Å². The molecule has 0 aliphatic carbocycles. The molecule has 10 heavy (non-hydrogen) atoms. The van der Waals surface area contributed by atoms with E-state index in [1.807, 2.05) is 11.9 Å². The van der Waals surface area contributed by atoms with Crippen LogP contribution in [-0.4, -0.2) is 22.4 Å². The molecule has 1 aliphatic rings. The monoisotopic (exact) mass is 193 g/mol. The number of likely N-dealkylation sites (N-methyl/N-ethyl adjacent to an activating group) is 1. The smallest absolute Gasteiger partial charge is 0.228 e. The van der Waals surface area contributed by atoms with Gasteiger partial charge in [0.15, 0.2) is 5.37 Å². The van der Waals surface area contributed by atoms with Crippen LogP contribution in [0.3, 0.4) is 0 Å². The van der Waals surface area contributed by atoms with E-state index in [0.717, 1.165) is 5.03 Å². The second-order valence-electron chi connectivity index (χ2n) is 1.88. The van der Waals surface area contributed by atoms with E-state index in [1.165, 1.54) is 22.6 Å². The first-order chi connectivity index (χ1) is 4.66. The molecule has 56 valence electrons. The maximum atomic E-state index is 11.0. The number of rotatable bonds is 1. The molecular weight excluding hydrogens is 186 g/mol. The summed E-state index contributed by atoms with van der Waals surface area (Å²) in [4.78, 5) is 12.8. The highest BCUT2D eigenvalue weighted by molar-refractivity contribution is 8.69. The molecule has 1 fully saturated rings. The third kappa shape index (κ3) is 1.31. The Morgan fingerprint density at radius 1 is 1.90 bits per heavy atom. The molecule has 5 heteroatoms. The minimum Gasteiger partial charge on any atom is -0.350 e. The van der Waals surface area contributed by atoms with Crippen molar-refractivity contribution in [1.82, 2.24) is 4.90 Å². The molecule has 0 bridgehead atoms. The Balaban J connectivity index is 2.73. The molecule has 1 atom stereocenters. The summed E-state index contributed by atoms with van der Waals surface area (Å²) in [5.74, 6) is 0. The molecule has 1 unspecified atom stereocenters. The van der Waals surface area contributed by atoms with Crippen molar-refractivity contribution in [3.05, 3.63) is 11.6 Å². The Hall–Kier alpha value is 0.260. The number of nitrogens with zero attached hydrogens (tertiary/aromatic N) is 1. The first-order valence-electron chi connectivity index (χ1n) is 2.60. The Morgan fingerprint density at radius 2 is 2.50 bits per heavy atom. The zero-order valence-corrected chi connectivity index (χ0v) is 7.93. The van der Waals surface area contributed by atoms with Gasteiger partial charge in [0.2, 0.25) is 5.12 Å². The Labute approximate surface area is 73.2 Å². The maximum Gasteiger partial charge on any atom is 0.228 e. The van der Waals surface area contributed by atoms with Crippen molar-refractivity contribution in [3.63, 3.8) is 0 Å². The van der Waals surface area contributed by atoms with Crippen molar-refractivity contribution >= 4 is 39.3 Å². The summed E-state index contributed by atoms with van der Waals surface area (Å²) in [5, 5.41) is 0.768. The molecule has 0 N–H and O–H groups in total. The topological polar surface area (TPSA) is 20.3 Å². The van der Waals surface area contributed by atoms with Gasteiger partial charge in [0, 0.05) is 7.05 Å². The zero-order chi connectivity index (χ0) is 7.72. The van der Waals surface area contributed by atoms with Gasteiger partial charge >= 0.3 is 0 Å². The molecule has 0 aromatic carbocycles. The van der Waals surface area contributed by atoms with Gasteiger partial charge in [0.25, 0.3) is 0 Å². The first kappa shape index (κ1) is 8.36. The van der Waals surface area contributed by atoms with Gasteiger partial charge in [-0.25, -0.2) is 0 Å². The average molecular weight is 193 g/mol. The van der Waals surface area contributed by atoms with E-state index in [0.29, 0.717) is 0 Å². The van der Waals surface area contributed by atoms with Crippen molar-refractivity contribution < 1.29 is 4.79 Å². The lowest BCUT2D eigenvalue weighted by Crippen LogP contribution is -2.23. The van der Waals surface area contributed by atoms with E-state index in [4.69, 9.17) is 0 Å². The van der Waals surface area contributed by atoms with Crippen LogP contribution in [0.5, 0.6) is 0 Å². The van der Waals surface area contributed by atoms with Crippen LogP contribution in [0.1, 0.15) is 0 Å². The molecule has 0 saturated carbocycles. The summed E-state index contributed by atoms with van der Waals surface area (Å²) in [5.41, 5.74) is 0. The highest BCUT2D eigenvalue weighted by Crippen LogP contribution is 2.37. The van der Waals surface area contributed by atoms with Crippen LogP contribution in [0.15, 0.2) is 11.6 Å². The van der Waals surface area contributed by atoms with Gasteiger partial charge in [-0.1, -0.05) is 17.4 Å². The molecule has 1 aliphatic heterocycles. The highest BCUT2D eigenvalue weighted by atomic mass is 33.1. The van der Waals surface area contributed by atoms with Gasteiger partial charge in [-0.3, -0.25) is 4.79 Å². The van der Waals surface area contributed by atoms with Crippen molar-refractivity contribution in [2.75, 3.05) is 7.05 Å². The van der Waals surface area contributed by atoms with E-state index in [-0.39, 0.29) is 10.5 Å². The van der Waals surface area contributed by atoms with Crippen LogP contribution in [-0.2, 0) is 4.79 Å². The molecule has 1 rings (SSSR count).